The summed E-state index contributed by atoms with van der Waals surface area (Å²) in [6.45, 7) is 9.16. The molecule has 0 bridgehead atoms. The third kappa shape index (κ3) is 13.7. The Kier molecular flexibility index (Phi) is 21.1. The van der Waals surface area contributed by atoms with E-state index in [1.165, 1.54) is 0 Å². The summed E-state index contributed by atoms with van der Waals surface area (Å²) < 4.78 is 47.0. The zero-order valence-corrected chi connectivity index (χ0v) is 34.4. The van der Waals surface area contributed by atoms with Crippen molar-refractivity contribution in [2.24, 2.45) is 17.8 Å². The number of ether oxygens (including phenoxy) is 8. The van der Waals surface area contributed by atoms with Crippen LogP contribution in [0.4, 0.5) is 0 Å². The molecule has 338 valence electrons. The van der Waals surface area contributed by atoms with Crippen molar-refractivity contribution in [2.45, 2.75) is 191 Å². The van der Waals surface area contributed by atoms with Gasteiger partial charge in [-0.2, -0.15) is 0 Å². The molecule has 3 aliphatic rings. The van der Waals surface area contributed by atoms with E-state index in [2.05, 4.69) is 13.8 Å². The van der Waals surface area contributed by atoms with Crippen LogP contribution in [0.2, 0.25) is 0 Å². The van der Waals surface area contributed by atoms with Crippen LogP contribution in [0.1, 0.15) is 99.3 Å². The maximum absolute atomic E-state index is 13.6. The van der Waals surface area contributed by atoms with E-state index in [9.17, 15) is 55.2 Å². The highest BCUT2D eigenvalue weighted by Crippen LogP contribution is 2.35. The van der Waals surface area contributed by atoms with E-state index < -0.39 is 136 Å². The molecule has 19 nitrogen and oxygen atoms in total. The molecule has 9 unspecified atom stereocenters. The van der Waals surface area contributed by atoms with Crippen LogP contribution in [0, 0.1) is 17.8 Å². The normalized spacial score (nSPS) is 37.0. The summed E-state index contributed by atoms with van der Waals surface area (Å²) in [4.78, 5) is 40.6. The summed E-state index contributed by atoms with van der Waals surface area (Å²) in [5, 5.41) is 82.8. The molecule has 0 aromatic rings. The van der Waals surface area contributed by atoms with E-state index in [0.29, 0.717) is 31.6 Å². The zero-order chi connectivity index (χ0) is 43.3. The number of hydrogen-bond acceptors (Lipinski definition) is 19. The van der Waals surface area contributed by atoms with Crippen molar-refractivity contribution in [2.75, 3.05) is 19.8 Å². The molecule has 58 heavy (non-hydrogen) atoms. The standard InChI is InChI=1S/C39H68O19/c1-7-19(4)12-10-11-13-25(42)55-33-24(18-51-37-31(48)29(46)27(44)22(16-40)52-37)54-39(58-38-32(49)30(47)28(45)23(17-41)53-38)35(34(33)57-36(50)21(6)9-3)56-26(43)15-14-20(5)8-2/h19-24,27-35,37-41,44-49H,7-18H2,1-6H3/t19?,20?,21?,22?,23?,24?,27-,28+,29-,30-,31?,32?,33+,34-,35?,37-,38+,39+/m0/s1. The third-order valence-corrected chi connectivity index (χ3v) is 11.3. The zero-order valence-electron chi connectivity index (χ0n) is 34.4. The average molecular weight is 841 g/mol. The minimum atomic E-state index is -1.95. The second-order valence-corrected chi connectivity index (χ2v) is 15.8. The second kappa shape index (κ2) is 24.4. The van der Waals surface area contributed by atoms with Crippen LogP contribution in [0.3, 0.4) is 0 Å². The van der Waals surface area contributed by atoms with Crippen molar-refractivity contribution < 1.29 is 93.1 Å². The van der Waals surface area contributed by atoms with E-state index >= 15 is 0 Å². The highest BCUT2D eigenvalue weighted by Gasteiger charge is 2.56. The molecule has 18 atom stereocenters. The van der Waals surface area contributed by atoms with E-state index in [4.69, 9.17) is 37.9 Å². The Morgan fingerprint density at radius 2 is 1.07 bits per heavy atom. The van der Waals surface area contributed by atoms with Crippen molar-refractivity contribution in [3.63, 3.8) is 0 Å². The smallest absolute Gasteiger partial charge is 0.309 e. The van der Waals surface area contributed by atoms with Gasteiger partial charge >= 0.3 is 17.9 Å². The largest absolute Gasteiger partial charge is 0.455 e. The summed E-state index contributed by atoms with van der Waals surface area (Å²) in [5.41, 5.74) is 0. The van der Waals surface area contributed by atoms with Crippen LogP contribution in [-0.2, 0) is 52.3 Å². The summed E-state index contributed by atoms with van der Waals surface area (Å²) in [6, 6.07) is 0. The minimum absolute atomic E-state index is 0.0522. The van der Waals surface area contributed by atoms with Gasteiger partial charge in [0.05, 0.1) is 25.7 Å². The molecule has 3 fully saturated rings. The Morgan fingerprint density at radius 3 is 1.64 bits per heavy atom. The number of aliphatic hydroxyl groups is 8. The van der Waals surface area contributed by atoms with E-state index in [1.807, 2.05) is 13.8 Å². The summed E-state index contributed by atoms with van der Waals surface area (Å²) in [7, 11) is 0. The van der Waals surface area contributed by atoms with E-state index in [1.54, 1.807) is 13.8 Å². The van der Waals surface area contributed by atoms with Crippen LogP contribution in [0.5, 0.6) is 0 Å². The first-order valence-corrected chi connectivity index (χ1v) is 20.6. The molecule has 0 aromatic carbocycles. The number of carbonyl (C=O) groups excluding carboxylic acids is 3. The minimum Gasteiger partial charge on any atom is -0.455 e. The topological polar surface area (TPSA) is 287 Å². The van der Waals surface area contributed by atoms with Crippen molar-refractivity contribution >= 4 is 17.9 Å². The number of unbranched alkanes of at least 4 members (excludes halogenated alkanes) is 1. The van der Waals surface area contributed by atoms with Gasteiger partial charge in [0.1, 0.15) is 54.9 Å². The van der Waals surface area contributed by atoms with E-state index in [-0.39, 0.29) is 18.8 Å². The van der Waals surface area contributed by atoms with Crippen molar-refractivity contribution in [1.82, 2.24) is 0 Å². The first kappa shape index (κ1) is 50.2. The summed E-state index contributed by atoms with van der Waals surface area (Å²) >= 11 is 0. The number of esters is 3. The van der Waals surface area contributed by atoms with Gasteiger partial charge in [-0.05, 0) is 31.1 Å². The maximum Gasteiger partial charge on any atom is 0.309 e. The Labute approximate surface area is 339 Å². The van der Waals surface area contributed by atoms with Crippen molar-refractivity contribution in [3.8, 4) is 0 Å². The fraction of sp³-hybridized carbons (Fsp3) is 0.923. The van der Waals surface area contributed by atoms with Gasteiger partial charge in [-0.3, -0.25) is 14.4 Å². The molecule has 0 aliphatic carbocycles. The number of rotatable bonds is 22. The molecular weight excluding hydrogens is 772 g/mol. The Hall–Kier alpha value is -2.11. The molecule has 0 saturated carbocycles. The molecular formula is C39H68O19. The van der Waals surface area contributed by atoms with Gasteiger partial charge in [-0.1, -0.05) is 67.2 Å². The molecule has 19 heteroatoms. The Morgan fingerprint density at radius 1 is 0.552 bits per heavy atom. The van der Waals surface area contributed by atoms with Crippen molar-refractivity contribution in [3.05, 3.63) is 0 Å². The lowest BCUT2D eigenvalue weighted by atomic mass is 9.96. The second-order valence-electron chi connectivity index (χ2n) is 15.8. The van der Waals surface area contributed by atoms with Crippen LogP contribution in [0.25, 0.3) is 0 Å². The van der Waals surface area contributed by atoms with Crippen molar-refractivity contribution in [1.29, 1.82) is 0 Å². The lowest BCUT2D eigenvalue weighted by molar-refractivity contribution is -0.381. The predicted octanol–water partition coefficient (Wildman–Crippen LogP) is -0.441. The highest BCUT2D eigenvalue weighted by molar-refractivity contribution is 5.73. The molecule has 3 heterocycles. The monoisotopic (exact) mass is 840 g/mol. The van der Waals surface area contributed by atoms with Gasteiger partial charge in [-0.15, -0.1) is 0 Å². The quantitative estimate of drug-likeness (QED) is 0.0390. The average Bonchev–Trinajstić information content (AvgIpc) is 3.21. The molecule has 0 aromatic heterocycles. The Balaban J connectivity index is 2.08. The lowest BCUT2D eigenvalue weighted by Gasteiger charge is -2.47. The molecule has 0 radical (unpaired) electrons. The first-order chi connectivity index (χ1) is 27.5. The number of hydrogen-bond donors (Lipinski definition) is 8. The number of aliphatic hydroxyl groups excluding tert-OH is 8. The van der Waals surface area contributed by atoms with Gasteiger partial charge < -0.3 is 78.7 Å². The van der Waals surface area contributed by atoms with E-state index in [0.717, 1.165) is 19.3 Å². The van der Waals surface area contributed by atoms with Gasteiger partial charge in [0.25, 0.3) is 0 Å². The predicted molar refractivity (Wildman–Crippen MR) is 199 cm³/mol. The first-order valence-electron chi connectivity index (χ1n) is 20.6. The van der Waals surface area contributed by atoms with Gasteiger partial charge in [0.15, 0.2) is 30.9 Å². The fourth-order valence-corrected chi connectivity index (χ4v) is 6.60. The van der Waals surface area contributed by atoms with Crippen LogP contribution in [0.15, 0.2) is 0 Å². The van der Waals surface area contributed by atoms with Gasteiger partial charge in [0, 0.05) is 12.8 Å². The molecule has 3 aliphatic heterocycles. The van der Waals surface area contributed by atoms with Gasteiger partial charge in [0.2, 0.25) is 6.29 Å². The number of carbonyl (C=O) groups is 3. The van der Waals surface area contributed by atoms with Gasteiger partial charge in [-0.25, -0.2) is 0 Å². The van der Waals surface area contributed by atoms with Crippen LogP contribution < -0.4 is 0 Å². The summed E-state index contributed by atoms with van der Waals surface area (Å²) in [5.74, 6) is -2.40. The lowest BCUT2D eigenvalue weighted by Crippen LogP contribution is -2.66. The SMILES string of the molecule is CCC(C)CCCCC(=O)O[C@@H]1C(CO[C@H]2OC(CO)[C@H](O)[C@H](O)C2O)O[C@H](O[C@H]2OC(CO)[C@@H](O)[C@H](O)C2O)C(OC(=O)CCC(C)CC)[C@H]1OC(=O)C(C)CC. The van der Waals surface area contributed by atoms with Crippen LogP contribution >= 0.6 is 0 Å². The summed E-state index contributed by atoms with van der Waals surface area (Å²) in [6.07, 6.45) is -21.2. The third-order valence-electron chi connectivity index (χ3n) is 11.3. The molecule has 0 spiro atoms. The molecule has 3 rings (SSSR count). The highest BCUT2D eigenvalue weighted by atomic mass is 16.8. The fourth-order valence-electron chi connectivity index (χ4n) is 6.60. The molecule has 3 saturated heterocycles. The van der Waals surface area contributed by atoms with Crippen LogP contribution in [-0.4, -0.2) is 171 Å². The maximum atomic E-state index is 13.6. The molecule has 8 N–H and O–H groups in total. The molecule has 0 amide bonds. The Bertz CT molecular complexity index is 1240.